The van der Waals surface area contributed by atoms with Gasteiger partial charge in [-0.05, 0) is 55.8 Å². The van der Waals surface area contributed by atoms with Gasteiger partial charge in [-0.1, -0.05) is 24.3 Å². The Bertz CT molecular complexity index is 318. The number of nitrogens with one attached hydrogen (secondary N) is 1. The van der Waals surface area contributed by atoms with Crippen molar-refractivity contribution in [3.05, 3.63) is 35.4 Å². The van der Waals surface area contributed by atoms with Crippen LogP contribution in [0.1, 0.15) is 24.0 Å². The van der Waals surface area contributed by atoms with E-state index in [-0.39, 0.29) is 6.61 Å². The lowest BCUT2D eigenvalue weighted by molar-refractivity contribution is 0.299. The Morgan fingerprint density at radius 3 is 2.69 bits per heavy atom. The molecule has 0 aliphatic carbocycles. The molecule has 1 fully saturated rings. The molecule has 1 aliphatic heterocycles. The second-order valence-electron chi connectivity index (χ2n) is 4.69. The molecule has 2 N–H and O–H groups in total. The molecule has 0 saturated carbocycles. The fourth-order valence-corrected chi connectivity index (χ4v) is 2.46. The number of hydrogen-bond donors (Lipinski definition) is 2. The summed E-state index contributed by atoms with van der Waals surface area (Å²) in [5, 5.41) is 12.3. The van der Waals surface area contributed by atoms with Gasteiger partial charge < -0.3 is 10.4 Å². The Labute approximate surface area is 97.7 Å². The van der Waals surface area contributed by atoms with Crippen LogP contribution in [-0.4, -0.2) is 24.8 Å². The highest BCUT2D eigenvalue weighted by atomic mass is 16.2. The number of benzene rings is 1. The largest absolute Gasteiger partial charge is 0.396 e. The van der Waals surface area contributed by atoms with Crippen molar-refractivity contribution in [3.63, 3.8) is 0 Å². The molecule has 2 heteroatoms. The zero-order valence-electron chi connectivity index (χ0n) is 9.78. The molecule has 1 aliphatic rings. The van der Waals surface area contributed by atoms with E-state index in [1.54, 1.807) is 0 Å². The van der Waals surface area contributed by atoms with Crippen molar-refractivity contribution >= 4 is 0 Å². The highest BCUT2D eigenvalue weighted by Gasteiger charge is 2.13. The van der Waals surface area contributed by atoms with Crippen molar-refractivity contribution in [2.24, 2.45) is 5.92 Å². The molecule has 0 unspecified atom stereocenters. The maximum absolute atomic E-state index is 8.92. The topological polar surface area (TPSA) is 32.3 Å². The first kappa shape index (κ1) is 11.6. The second kappa shape index (κ2) is 6.02. The quantitative estimate of drug-likeness (QED) is 0.809. The summed E-state index contributed by atoms with van der Waals surface area (Å²) < 4.78 is 0. The van der Waals surface area contributed by atoms with Crippen LogP contribution in [0.15, 0.2) is 24.3 Å². The van der Waals surface area contributed by atoms with E-state index in [1.165, 1.54) is 43.5 Å². The van der Waals surface area contributed by atoms with Crippen LogP contribution in [-0.2, 0) is 12.8 Å². The maximum atomic E-state index is 8.92. The molecule has 16 heavy (non-hydrogen) atoms. The molecular weight excluding hydrogens is 198 g/mol. The summed E-state index contributed by atoms with van der Waals surface area (Å²) in [5.74, 6) is 0.839. The molecule has 0 radical (unpaired) electrons. The predicted molar refractivity (Wildman–Crippen MR) is 66.5 cm³/mol. The molecule has 1 aromatic rings. The monoisotopic (exact) mass is 219 g/mol. The van der Waals surface area contributed by atoms with Crippen molar-refractivity contribution in [2.45, 2.75) is 25.7 Å². The highest BCUT2D eigenvalue weighted by molar-refractivity contribution is 5.24. The van der Waals surface area contributed by atoms with E-state index in [1.807, 2.05) is 0 Å². The summed E-state index contributed by atoms with van der Waals surface area (Å²) in [7, 11) is 0. The first-order valence-corrected chi connectivity index (χ1v) is 6.28. The number of rotatable bonds is 4. The third-order valence-corrected chi connectivity index (χ3v) is 3.37. The molecule has 1 heterocycles. The molecule has 1 aromatic carbocycles. The molecule has 88 valence electrons. The van der Waals surface area contributed by atoms with Crippen LogP contribution in [0.2, 0.25) is 0 Å². The average molecular weight is 219 g/mol. The molecule has 1 saturated heterocycles. The van der Waals surface area contributed by atoms with Crippen molar-refractivity contribution in [1.29, 1.82) is 0 Å². The SMILES string of the molecule is OCCc1cccc(CC2CCNCC2)c1. The Balaban J connectivity index is 1.94. The van der Waals surface area contributed by atoms with Crippen molar-refractivity contribution in [3.8, 4) is 0 Å². The van der Waals surface area contributed by atoms with Gasteiger partial charge in [0.1, 0.15) is 0 Å². The normalized spacial score (nSPS) is 17.6. The first-order valence-electron chi connectivity index (χ1n) is 6.28. The van der Waals surface area contributed by atoms with Crippen molar-refractivity contribution in [2.75, 3.05) is 19.7 Å². The van der Waals surface area contributed by atoms with Gasteiger partial charge >= 0.3 is 0 Å². The van der Waals surface area contributed by atoms with Gasteiger partial charge in [-0.3, -0.25) is 0 Å². The summed E-state index contributed by atoms with van der Waals surface area (Å²) >= 11 is 0. The average Bonchev–Trinajstić information content (AvgIpc) is 2.31. The van der Waals surface area contributed by atoms with Crippen LogP contribution in [0.5, 0.6) is 0 Å². The van der Waals surface area contributed by atoms with Gasteiger partial charge in [0.2, 0.25) is 0 Å². The number of aliphatic hydroxyl groups excluding tert-OH is 1. The maximum Gasteiger partial charge on any atom is 0.0471 e. The number of piperidine rings is 1. The van der Waals surface area contributed by atoms with Crippen molar-refractivity contribution in [1.82, 2.24) is 5.32 Å². The molecule has 2 rings (SSSR count). The van der Waals surface area contributed by atoms with E-state index in [0.717, 1.165) is 12.3 Å². The lowest BCUT2D eigenvalue weighted by atomic mass is 9.90. The van der Waals surface area contributed by atoms with E-state index in [9.17, 15) is 0 Å². The van der Waals surface area contributed by atoms with E-state index in [4.69, 9.17) is 5.11 Å². The molecule has 0 amide bonds. The lowest BCUT2D eigenvalue weighted by Crippen LogP contribution is -2.28. The van der Waals surface area contributed by atoms with Crippen LogP contribution < -0.4 is 5.32 Å². The zero-order chi connectivity index (χ0) is 11.2. The van der Waals surface area contributed by atoms with Gasteiger partial charge in [-0.15, -0.1) is 0 Å². The minimum Gasteiger partial charge on any atom is -0.396 e. The van der Waals surface area contributed by atoms with E-state index >= 15 is 0 Å². The Hall–Kier alpha value is -0.860. The van der Waals surface area contributed by atoms with Gasteiger partial charge in [-0.2, -0.15) is 0 Å². The summed E-state index contributed by atoms with van der Waals surface area (Å²) in [5.41, 5.74) is 2.69. The van der Waals surface area contributed by atoms with Gasteiger partial charge in [0.15, 0.2) is 0 Å². The Morgan fingerprint density at radius 2 is 1.94 bits per heavy atom. The second-order valence-corrected chi connectivity index (χ2v) is 4.69. The minimum atomic E-state index is 0.247. The Kier molecular flexibility index (Phi) is 4.37. The van der Waals surface area contributed by atoms with Crippen LogP contribution in [0, 0.1) is 5.92 Å². The third kappa shape index (κ3) is 3.32. The first-order chi connectivity index (χ1) is 7.88. The van der Waals surface area contributed by atoms with Gasteiger partial charge in [0.25, 0.3) is 0 Å². The van der Waals surface area contributed by atoms with Crippen LogP contribution >= 0.6 is 0 Å². The standard InChI is InChI=1S/C14H21NO/c16-9-6-12-2-1-3-14(10-12)11-13-4-7-15-8-5-13/h1-3,10,13,15-16H,4-9,11H2. The molecule has 0 spiro atoms. The molecule has 0 aromatic heterocycles. The van der Waals surface area contributed by atoms with Gasteiger partial charge in [0, 0.05) is 6.61 Å². The molecular formula is C14H21NO. The number of aliphatic hydroxyl groups is 1. The summed E-state index contributed by atoms with van der Waals surface area (Å²) in [6, 6.07) is 8.67. The minimum absolute atomic E-state index is 0.247. The fraction of sp³-hybridized carbons (Fsp3) is 0.571. The van der Waals surface area contributed by atoms with Crippen LogP contribution in [0.25, 0.3) is 0 Å². The fourth-order valence-electron chi connectivity index (χ4n) is 2.46. The van der Waals surface area contributed by atoms with Gasteiger partial charge in [-0.25, -0.2) is 0 Å². The molecule has 0 bridgehead atoms. The smallest absolute Gasteiger partial charge is 0.0471 e. The summed E-state index contributed by atoms with van der Waals surface area (Å²) in [4.78, 5) is 0. The van der Waals surface area contributed by atoms with Gasteiger partial charge in [0.05, 0.1) is 0 Å². The van der Waals surface area contributed by atoms with E-state index in [0.29, 0.717) is 0 Å². The molecule has 2 nitrogen and oxygen atoms in total. The summed E-state index contributed by atoms with van der Waals surface area (Å²) in [6.45, 7) is 2.58. The highest BCUT2D eigenvalue weighted by Crippen LogP contribution is 2.18. The van der Waals surface area contributed by atoms with E-state index < -0.39 is 0 Å². The zero-order valence-corrected chi connectivity index (χ0v) is 9.78. The number of hydrogen-bond acceptors (Lipinski definition) is 2. The van der Waals surface area contributed by atoms with Crippen molar-refractivity contribution < 1.29 is 5.11 Å². The third-order valence-electron chi connectivity index (χ3n) is 3.37. The summed E-state index contributed by atoms with van der Waals surface area (Å²) in [6.07, 6.45) is 4.56. The molecule has 0 atom stereocenters. The van der Waals surface area contributed by atoms with Crippen LogP contribution in [0.3, 0.4) is 0 Å². The van der Waals surface area contributed by atoms with E-state index in [2.05, 4.69) is 29.6 Å². The predicted octanol–water partition coefficient (Wildman–Crippen LogP) is 1.76. The Morgan fingerprint density at radius 1 is 1.19 bits per heavy atom. The lowest BCUT2D eigenvalue weighted by Gasteiger charge is -2.22. The van der Waals surface area contributed by atoms with Crippen LogP contribution in [0.4, 0.5) is 0 Å².